The average molecular weight is 274 g/mol. The largest absolute Gasteiger partial charge is 0.207 e. The second kappa shape index (κ2) is 4.89. The Hall–Kier alpha value is -2.91. The standard InChI is InChI=1S/C18H11FN2/c19-15-8-6-13(7-9-15)17-10-14-4-2-1-3-5-16(14)18(17,11-20)12-21/h1-10,16H. The number of nitrogens with zero attached hydrogens (tertiary/aromatic N) is 2. The molecule has 1 aromatic rings. The normalized spacial score (nSPS) is 21.6. The lowest BCUT2D eigenvalue weighted by atomic mass is 9.73. The molecule has 2 aliphatic rings. The molecule has 100 valence electrons. The van der Waals surface area contributed by atoms with Crippen molar-refractivity contribution in [2.45, 2.75) is 0 Å². The summed E-state index contributed by atoms with van der Waals surface area (Å²) in [5.74, 6) is -0.643. The third-order valence-electron chi connectivity index (χ3n) is 3.88. The monoisotopic (exact) mass is 274 g/mol. The molecule has 0 heterocycles. The number of nitriles is 2. The van der Waals surface area contributed by atoms with Crippen LogP contribution in [0.3, 0.4) is 0 Å². The number of hydrogen-bond donors (Lipinski definition) is 0. The number of halogens is 1. The van der Waals surface area contributed by atoms with Gasteiger partial charge in [0.25, 0.3) is 0 Å². The summed E-state index contributed by atoms with van der Waals surface area (Å²) in [5.41, 5.74) is 0.976. The minimum absolute atomic E-state index is 0.303. The summed E-state index contributed by atoms with van der Waals surface area (Å²) < 4.78 is 13.1. The summed E-state index contributed by atoms with van der Waals surface area (Å²) in [6.07, 6.45) is 11.2. The highest BCUT2D eigenvalue weighted by molar-refractivity contribution is 5.83. The molecule has 0 bridgehead atoms. The Bertz CT molecular complexity index is 766. The SMILES string of the molecule is N#CC1(C#N)C(c2ccc(F)cc2)=CC2=CC=CC=CC21. The highest BCUT2D eigenvalue weighted by atomic mass is 19.1. The van der Waals surface area contributed by atoms with Crippen molar-refractivity contribution >= 4 is 5.57 Å². The van der Waals surface area contributed by atoms with E-state index < -0.39 is 5.41 Å². The molecule has 2 nitrogen and oxygen atoms in total. The first-order chi connectivity index (χ1) is 10.2. The van der Waals surface area contributed by atoms with E-state index in [0.717, 1.165) is 5.57 Å². The van der Waals surface area contributed by atoms with Crippen LogP contribution in [0.4, 0.5) is 4.39 Å². The predicted molar refractivity (Wildman–Crippen MR) is 77.9 cm³/mol. The van der Waals surface area contributed by atoms with E-state index in [0.29, 0.717) is 11.1 Å². The van der Waals surface area contributed by atoms with Crippen molar-refractivity contribution in [3.05, 3.63) is 77.7 Å². The molecule has 0 saturated carbocycles. The number of benzene rings is 1. The van der Waals surface area contributed by atoms with E-state index >= 15 is 0 Å². The number of allylic oxidation sites excluding steroid dienone is 8. The van der Waals surface area contributed by atoms with Crippen LogP contribution in [-0.2, 0) is 0 Å². The third kappa shape index (κ3) is 1.91. The van der Waals surface area contributed by atoms with Gasteiger partial charge >= 0.3 is 0 Å². The summed E-state index contributed by atoms with van der Waals surface area (Å²) >= 11 is 0. The first-order valence-electron chi connectivity index (χ1n) is 6.57. The highest BCUT2D eigenvalue weighted by Gasteiger charge is 2.48. The molecule has 0 aliphatic heterocycles. The number of fused-ring (bicyclic) bond motifs is 1. The van der Waals surface area contributed by atoms with Crippen molar-refractivity contribution in [3.63, 3.8) is 0 Å². The van der Waals surface area contributed by atoms with E-state index in [9.17, 15) is 14.9 Å². The van der Waals surface area contributed by atoms with E-state index in [2.05, 4.69) is 12.1 Å². The Labute approximate surface area is 122 Å². The van der Waals surface area contributed by atoms with Crippen LogP contribution in [-0.4, -0.2) is 0 Å². The molecule has 0 aromatic heterocycles. The molecular formula is C18H11FN2. The van der Waals surface area contributed by atoms with E-state index in [4.69, 9.17) is 0 Å². The van der Waals surface area contributed by atoms with Gasteiger partial charge in [0.05, 0.1) is 12.1 Å². The van der Waals surface area contributed by atoms with Crippen LogP contribution in [0.15, 0.2) is 66.3 Å². The maximum absolute atomic E-state index is 13.1. The van der Waals surface area contributed by atoms with E-state index in [1.807, 2.05) is 36.5 Å². The van der Waals surface area contributed by atoms with Crippen molar-refractivity contribution in [3.8, 4) is 12.1 Å². The van der Waals surface area contributed by atoms with Gasteiger partial charge in [-0.2, -0.15) is 10.5 Å². The van der Waals surface area contributed by atoms with Gasteiger partial charge in [-0.15, -0.1) is 0 Å². The van der Waals surface area contributed by atoms with Crippen LogP contribution in [0.2, 0.25) is 0 Å². The Kier molecular flexibility index (Phi) is 3.05. The van der Waals surface area contributed by atoms with Gasteiger partial charge in [-0.05, 0) is 28.8 Å². The molecular weight excluding hydrogens is 263 g/mol. The van der Waals surface area contributed by atoms with E-state index in [-0.39, 0.29) is 11.7 Å². The highest BCUT2D eigenvalue weighted by Crippen LogP contribution is 2.51. The van der Waals surface area contributed by atoms with Crippen LogP contribution in [0.5, 0.6) is 0 Å². The second-order valence-electron chi connectivity index (χ2n) is 5.01. The quantitative estimate of drug-likeness (QED) is 0.779. The maximum Gasteiger partial charge on any atom is 0.179 e. The van der Waals surface area contributed by atoms with Crippen LogP contribution >= 0.6 is 0 Å². The van der Waals surface area contributed by atoms with Crippen LogP contribution in [0, 0.1) is 39.8 Å². The fourth-order valence-corrected chi connectivity index (χ4v) is 2.83. The van der Waals surface area contributed by atoms with Gasteiger partial charge in [-0.3, -0.25) is 0 Å². The third-order valence-corrected chi connectivity index (χ3v) is 3.88. The summed E-state index contributed by atoms with van der Waals surface area (Å²) in [6.45, 7) is 0. The minimum atomic E-state index is -1.27. The van der Waals surface area contributed by atoms with Gasteiger partial charge in [0.15, 0.2) is 5.41 Å². The van der Waals surface area contributed by atoms with Gasteiger partial charge in [0, 0.05) is 5.92 Å². The lowest BCUT2D eigenvalue weighted by Crippen LogP contribution is -2.24. The molecule has 0 N–H and O–H groups in total. The number of hydrogen-bond acceptors (Lipinski definition) is 2. The number of rotatable bonds is 1. The summed E-state index contributed by atoms with van der Waals surface area (Å²) in [7, 11) is 0. The first kappa shape index (κ1) is 13.1. The maximum atomic E-state index is 13.1. The van der Waals surface area contributed by atoms with E-state index in [1.54, 1.807) is 12.1 Å². The molecule has 3 heteroatoms. The Morgan fingerprint density at radius 1 is 1.00 bits per heavy atom. The zero-order chi connectivity index (χ0) is 14.9. The summed E-state index contributed by atoms with van der Waals surface area (Å²) in [4.78, 5) is 0. The topological polar surface area (TPSA) is 47.6 Å². The molecule has 0 spiro atoms. The lowest BCUT2D eigenvalue weighted by molar-refractivity contribution is 0.578. The fraction of sp³-hybridized carbons (Fsp3) is 0.111. The fourth-order valence-electron chi connectivity index (χ4n) is 2.83. The van der Waals surface area contributed by atoms with Gasteiger partial charge in [0.2, 0.25) is 0 Å². The van der Waals surface area contributed by atoms with Crippen molar-refractivity contribution in [1.29, 1.82) is 10.5 Å². The zero-order valence-electron chi connectivity index (χ0n) is 11.1. The second-order valence-corrected chi connectivity index (χ2v) is 5.01. The molecule has 0 radical (unpaired) electrons. The van der Waals surface area contributed by atoms with Gasteiger partial charge in [-0.1, -0.05) is 48.6 Å². The van der Waals surface area contributed by atoms with E-state index in [1.165, 1.54) is 12.1 Å². The van der Waals surface area contributed by atoms with Crippen LogP contribution in [0.25, 0.3) is 5.57 Å². The Morgan fingerprint density at radius 3 is 2.38 bits per heavy atom. The molecule has 1 unspecified atom stereocenters. The lowest BCUT2D eigenvalue weighted by Gasteiger charge is -2.23. The van der Waals surface area contributed by atoms with Crippen molar-refractivity contribution in [2.24, 2.45) is 11.3 Å². The molecule has 0 saturated heterocycles. The molecule has 1 atom stereocenters. The summed E-state index contributed by atoms with van der Waals surface area (Å²) in [6, 6.07) is 10.2. The molecule has 0 amide bonds. The van der Waals surface area contributed by atoms with Crippen molar-refractivity contribution in [1.82, 2.24) is 0 Å². The zero-order valence-corrected chi connectivity index (χ0v) is 11.1. The molecule has 3 rings (SSSR count). The minimum Gasteiger partial charge on any atom is -0.207 e. The van der Waals surface area contributed by atoms with Crippen LogP contribution in [0.1, 0.15) is 5.56 Å². The summed E-state index contributed by atoms with van der Waals surface area (Å²) in [5, 5.41) is 19.3. The van der Waals surface area contributed by atoms with Crippen molar-refractivity contribution < 1.29 is 4.39 Å². The van der Waals surface area contributed by atoms with Crippen LogP contribution < -0.4 is 0 Å². The Balaban J connectivity index is 2.21. The van der Waals surface area contributed by atoms with Crippen molar-refractivity contribution in [2.75, 3.05) is 0 Å². The molecule has 21 heavy (non-hydrogen) atoms. The van der Waals surface area contributed by atoms with Gasteiger partial charge in [0.1, 0.15) is 5.82 Å². The predicted octanol–water partition coefficient (Wildman–Crippen LogP) is 3.92. The molecule has 2 aliphatic carbocycles. The Morgan fingerprint density at radius 2 is 1.71 bits per heavy atom. The first-order valence-corrected chi connectivity index (χ1v) is 6.57. The molecule has 1 aromatic carbocycles. The smallest absolute Gasteiger partial charge is 0.179 e. The van der Waals surface area contributed by atoms with Gasteiger partial charge < -0.3 is 0 Å². The van der Waals surface area contributed by atoms with Gasteiger partial charge in [-0.25, -0.2) is 4.39 Å². The molecule has 0 fully saturated rings. The average Bonchev–Trinajstić information content (AvgIpc) is 2.65.